The first-order valence-electron chi connectivity index (χ1n) is 8.03. The Morgan fingerprint density at radius 2 is 1.58 bits per heavy atom. The van der Waals surface area contributed by atoms with Gasteiger partial charge in [-0.15, -0.1) is 0 Å². The zero-order valence-corrected chi connectivity index (χ0v) is 14.9. The number of nitrogens with zero attached hydrogens (tertiary/aromatic N) is 5. The summed E-state index contributed by atoms with van der Waals surface area (Å²) in [5.41, 5.74) is 15.6. The predicted octanol–water partition coefficient (Wildman–Crippen LogP) is 2.98. The Labute approximate surface area is 154 Å². The summed E-state index contributed by atoms with van der Waals surface area (Å²) in [5.74, 6) is 1.27. The second kappa shape index (κ2) is 6.64. The van der Waals surface area contributed by atoms with Gasteiger partial charge < -0.3 is 11.5 Å². The van der Waals surface area contributed by atoms with Gasteiger partial charge >= 0.3 is 0 Å². The highest BCUT2D eigenvalue weighted by Crippen LogP contribution is 2.29. The molecular weight excluding hydrogens is 346 g/mol. The van der Waals surface area contributed by atoms with E-state index in [1.165, 1.54) is 17.3 Å². The van der Waals surface area contributed by atoms with Crippen LogP contribution in [0.5, 0.6) is 0 Å². The molecule has 0 radical (unpaired) electrons. The molecule has 0 aliphatic carbocycles. The summed E-state index contributed by atoms with van der Waals surface area (Å²) in [5, 5.41) is 0.854. The van der Waals surface area contributed by atoms with Gasteiger partial charge in [0.1, 0.15) is 5.82 Å². The lowest BCUT2D eigenvalue weighted by Gasteiger charge is -2.09. The van der Waals surface area contributed by atoms with Crippen LogP contribution in [0.3, 0.4) is 0 Å². The Hall–Kier alpha value is -3.13. The molecule has 4 N–H and O–H groups in total. The van der Waals surface area contributed by atoms with E-state index in [9.17, 15) is 0 Å². The number of benzene rings is 2. The first-order chi connectivity index (χ1) is 12.6. The molecule has 0 amide bonds. The summed E-state index contributed by atoms with van der Waals surface area (Å²) in [6.45, 7) is 2.07. The number of para-hydroxylation sites is 2. The standard InChI is InChI=1S/C18H17N7S/c1-11-6-8-12(9-7-11)25-14-5-3-2-4-13(14)21-18(25)26-10-15-22-16(19)24-17(20)23-15/h2-9H,10H2,1H3,(H4,19,20,22,23,24). The Bertz CT molecular complexity index is 1050. The molecule has 4 rings (SSSR count). The lowest BCUT2D eigenvalue weighted by atomic mass is 10.2. The number of hydrogen-bond acceptors (Lipinski definition) is 7. The van der Waals surface area contributed by atoms with E-state index >= 15 is 0 Å². The van der Waals surface area contributed by atoms with Gasteiger partial charge in [-0.1, -0.05) is 41.6 Å². The second-order valence-electron chi connectivity index (χ2n) is 5.81. The second-order valence-corrected chi connectivity index (χ2v) is 6.75. The van der Waals surface area contributed by atoms with Gasteiger partial charge in [-0.2, -0.15) is 15.0 Å². The van der Waals surface area contributed by atoms with Gasteiger partial charge in [0.15, 0.2) is 5.16 Å². The molecule has 8 heteroatoms. The van der Waals surface area contributed by atoms with Crippen molar-refractivity contribution in [3.63, 3.8) is 0 Å². The number of rotatable bonds is 4. The Morgan fingerprint density at radius 3 is 2.31 bits per heavy atom. The van der Waals surface area contributed by atoms with Crippen LogP contribution in [0.25, 0.3) is 16.7 Å². The lowest BCUT2D eigenvalue weighted by molar-refractivity contribution is 0.912. The van der Waals surface area contributed by atoms with Crippen LogP contribution in [-0.2, 0) is 5.75 Å². The molecule has 0 bridgehead atoms. The molecule has 0 aliphatic rings. The Kier molecular flexibility index (Phi) is 4.18. The van der Waals surface area contributed by atoms with Crippen LogP contribution in [0.2, 0.25) is 0 Å². The number of nitrogen functional groups attached to an aromatic ring is 2. The third kappa shape index (κ3) is 3.18. The summed E-state index contributed by atoms with van der Waals surface area (Å²) in [6.07, 6.45) is 0. The highest BCUT2D eigenvalue weighted by molar-refractivity contribution is 7.98. The van der Waals surface area contributed by atoms with E-state index < -0.39 is 0 Å². The normalized spacial score (nSPS) is 11.1. The molecule has 0 fully saturated rings. The van der Waals surface area contributed by atoms with Gasteiger partial charge in [0.2, 0.25) is 11.9 Å². The van der Waals surface area contributed by atoms with Crippen molar-refractivity contribution < 1.29 is 0 Å². The van der Waals surface area contributed by atoms with E-state index in [4.69, 9.17) is 16.5 Å². The highest BCUT2D eigenvalue weighted by Gasteiger charge is 2.14. The summed E-state index contributed by atoms with van der Waals surface area (Å²) >= 11 is 1.53. The number of aromatic nitrogens is 5. The number of aryl methyl sites for hydroxylation is 1. The number of fused-ring (bicyclic) bond motifs is 1. The van der Waals surface area contributed by atoms with Crippen molar-refractivity contribution in [2.75, 3.05) is 11.5 Å². The van der Waals surface area contributed by atoms with Gasteiger partial charge in [0.25, 0.3) is 0 Å². The van der Waals surface area contributed by atoms with Crippen molar-refractivity contribution in [1.29, 1.82) is 0 Å². The maximum atomic E-state index is 5.65. The SMILES string of the molecule is Cc1ccc(-n2c(SCc3nc(N)nc(N)n3)nc3ccccc32)cc1. The summed E-state index contributed by atoms with van der Waals surface area (Å²) in [7, 11) is 0. The maximum Gasteiger partial charge on any atom is 0.225 e. The quantitative estimate of drug-likeness (QED) is 0.537. The fourth-order valence-corrected chi connectivity index (χ4v) is 3.58. The molecule has 26 heavy (non-hydrogen) atoms. The molecule has 2 aromatic heterocycles. The van der Waals surface area contributed by atoms with Crippen molar-refractivity contribution in [3.8, 4) is 5.69 Å². The van der Waals surface area contributed by atoms with E-state index in [-0.39, 0.29) is 11.9 Å². The minimum absolute atomic E-state index is 0.125. The molecule has 0 saturated heterocycles. The van der Waals surface area contributed by atoms with Gasteiger partial charge in [-0.25, -0.2) is 4.98 Å². The number of nitrogens with two attached hydrogens (primary N) is 2. The largest absolute Gasteiger partial charge is 0.368 e. The summed E-state index contributed by atoms with van der Waals surface area (Å²) < 4.78 is 2.13. The van der Waals surface area contributed by atoms with Crippen molar-refractivity contribution in [2.24, 2.45) is 0 Å². The fourth-order valence-electron chi connectivity index (χ4n) is 2.69. The monoisotopic (exact) mass is 363 g/mol. The average Bonchev–Trinajstić information content (AvgIpc) is 2.98. The van der Waals surface area contributed by atoms with E-state index in [1.54, 1.807) is 0 Å². The van der Waals surface area contributed by atoms with Crippen LogP contribution in [-0.4, -0.2) is 24.5 Å². The fraction of sp³-hybridized carbons (Fsp3) is 0.111. The van der Waals surface area contributed by atoms with Crippen LogP contribution >= 0.6 is 11.8 Å². The number of thioether (sulfide) groups is 1. The van der Waals surface area contributed by atoms with Crippen LogP contribution in [0.15, 0.2) is 53.7 Å². The topological polar surface area (TPSA) is 109 Å². The van der Waals surface area contributed by atoms with Crippen molar-refractivity contribution in [3.05, 3.63) is 59.9 Å². The molecule has 0 spiro atoms. The summed E-state index contributed by atoms with van der Waals surface area (Å²) in [4.78, 5) is 16.8. The van der Waals surface area contributed by atoms with Crippen molar-refractivity contribution >= 4 is 34.7 Å². The predicted molar refractivity (Wildman–Crippen MR) is 104 cm³/mol. The Morgan fingerprint density at radius 1 is 0.885 bits per heavy atom. The maximum absolute atomic E-state index is 5.65. The molecule has 0 atom stereocenters. The molecule has 7 nitrogen and oxygen atoms in total. The molecule has 0 aliphatic heterocycles. The van der Waals surface area contributed by atoms with Gasteiger partial charge in [-0.05, 0) is 31.2 Å². The number of anilines is 2. The van der Waals surface area contributed by atoms with Gasteiger partial charge in [-0.3, -0.25) is 4.57 Å². The summed E-state index contributed by atoms with van der Waals surface area (Å²) in [6, 6.07) is 16.4. The third-order valence-electron chi connectivity index (χ3n) is 3.87. The molecular formula is C18H17N7S. The molecule has 0 saturated carbocycles. The molecule has 4 aromatic rings. The van der Waals surface area contributed by atoms with Gasteiger partial charge in [0.05, 0.1) is 16.8 Å². The van der Waals surface area contributed by atoms with Crippen LogP contribution < -0.4 is 11.5 Å². The van der Waals surface area contributed by atoms with E-state index in [1.807, 2.05) is 18.2 Å². The smallest absolute Gasteiger partial charge is 0.225 e. The van der Waals surface area contributed by atoms with Crippen molar-refractivity contribution in [1.82, 2.24) is 24.5 Å². The van der Waals surface area contributed by atoms with Crippen LogP contribution in [0, 0.1) is 6.92 Å². The van der Waals surface area contributed by atoms with E-state index in [0.717, 1.165) is 21.9 Å². The lowest BCUT2D eigenvalue weighted by Crippen LogP contribution is -2.06. The molecule has 2 aromatic carbocycles. The van der Waals surface area contributed by atoms with Crippen molar-refractivity contribution in [2.45, 2.75) is 17.8 Å². The average molecular weight is 363 g/mol. The first kappa shape index (κ1) is 16.3. The highest BCUT2D eigenvalue weighted by atomic mass is 32.2. The first-order valence-corrected chi connectivity index (χ1v) is 9.02. The van der Waals surface area contributed by atoms with Crippen LogP contribution in [0.4, 0.5) is 11.9 Å². The minimum atomic E-state index is 0.125. The zero-order valence-electron chi connectivity index (χ0n) is 14.1. The Balaban J connectivity index is 1.74. The molecule has 2 heterocycles. The van der Waals surface area contributed by atoms with Crippen LogP contribution in [0.1, 0.15) is 11.4 Å². The zero-order chi connectivity index (χ0) is 18.1. The van der Waals surface area contributed by atoms with E-state index in [2.05, 4.69) is 56.8 Å². The minimum Gasteiger partial charge on any atom is -0.368 e. The number of hydrogen-bond donors (Lipinski definition) is 2. The molecule has 0 unspecified atom stereocenters. The van der Waals surface area contributed by atoms with E-state index in [0.29, 0.717) is 11.6 Å². The molecule has 130 valence electrons. The number of imidazole rings is 1. The third-order valence-corrected chi connectivity index (χ3v) is 4.80. The van der Waals surface area contributed by atoms with Gasteiger partial charge in [0, 0.05) is 5.69 Å².